The van der Waals surface area contributed by atoms with Gasteiger partial charge >= 0.3 is 105 Å². The van der Waals surface area contributed by atoms with E-state index in [4.69, 9.17) is 0 Å². The van der Waals surface area contributed by atoms with Crippen molar-refractivity contribution >= 4 is 47.5 Å². The molecule has 0 bridgehead atoms. The molecule has 0 aliphatic heterocycles. The summed E-state index contributed by atoms with van der Waals surface area (Å²) in [6.07, 6.45) is 0. The third-order valence-corrected chi connectivity index (χ3v) is 24.3. The van der Waals surface area contributed by atoms with E-state index in [9.17, 15) is 0 Å². The molecule has 0 nitrogen and oxygen atoms in total. The van der Waals surface area contributed by atoms with Crippen LogP contribution in [0.15, 0.2) is 0 Å². The third kappa shape index (κ3) is 22.2. The molecule has 0 heterocycles. The fourth-order valence-electron chi connectivity index (χ4n) is 4.00. The molecule has 0 aliphatic rings. The van der Waals surface area contributed by atoms with Crippen LogP contribution in [0.4, 0.5) is 0 Å². The minimum atomic E-state index is -0.114. The summed E-state index contributed by atoms with van der Waals surface area (Å²) < 4.78 is 4.00. The van der Waals surface area contributed by atoms with Crippen molar-refractivity contribution in [3.63, 3.8) is 0 Å². The minimum absolute atomic E-state index is 0.114. The van der Waals surface area contributed by atoms with Crippen LogP contribution in [0.25, 0.3) is 0 Å². The average Bonchev–Trinajstić information content (AvgIpc) is 2.40. The van der Waals surface area contributed by atoms with E-state index in [1.54, 1.807) is 0 Å². The summed E-state index contributed by atoms with van der Waals surface area (Å²) >= 11 is 0.778. The van der Waals surface area contributed by atoms with Gasteiger partial charge in [-0.25, -0.2) is 0 Å². The normalized spacial score (nSPS) is 12.2. The Morgan fingerprint density at radius 2 is 0.464 bits per heavy atom. The molecule has 6 radical (unpaired) electrons. The SMILES string of the molecule is CC(C)[Si](C(C)C)[Si](C(C)C)C(C)C.C[CH](C)[Ge][CH](C)C.C[CH](C)[Ge][CH](C)C. The van der Waals surface area contributed by atoms with E-state index in [-0.39, 0.29) is 16.6 Å². The van der Waals surface area contributed by atoms with Gasteiger partial charge in [-0.05, 0) is 0 Å². The Balaban J connectivity index is -0.000000375. The van der Waals surface area contributed by atoms with Crippen LogP contribution < -0.4 is 0 Å². The van der Waals surface area contributed by atoms with Crippen LogP contribution >= 0.6 is 0 Å². The summed E-state index contributed by atoms with van der Waals surface area (Å²) in [7, 11) is -0.228. The average molecular weight is 546 g/mol. The Bertz CT molecular complexity index is 265. The van der Waals surface area contributed by atoms with E-state index in [1.807, 2.05) is 0 Å². The molecule has 0 unspecified atom stereocenters. The molecule has 0 N–H and O–H groups in total. The zero-order valence-electron chi connectivity index (χ0n) is 22.6. The van der Waals surface area contributed by atoms with E-state index < -0.39 is 0 Å². The number of hydrogen-bond donors (Lipinski definition) is 0. The van der Waals surface area contributed by atoms with Gasteiger partial charge in [0, 0.05) is 16.6 Å². The first-order valence-corrected chi connectivity index (χ1v) is 21.0. The molecule has 0 rings (SSSR count). The van der Waals surface area contributed by atoms with Gasteiger partial charge in [0.15, 0.2) is 0 Å². The quantitative estimate of drug-likeness (QED) is 0.253. The van der Waals surface area contributed by atoms with Crippen LogP contribution in [0.5, 0.6) is 0 Å². The van der Waals surface area contributed by atoms with Crippen LogP contribution in [-0.4, -0.2) is 47.5 Å². The van der Waals surface area contributed by atoms with E-state index in [1.165, 1.54) is 0 Å². The van der Waals surface area contributed by atoms with Gasteiger partial charge in [0.1, 0.15) is 0 Å². The van der Waals surface area contributed by atoms with Crippen LogP contribution in [0.2, 0.25) is 41.2 Å². The summed E-state index contributed by atoms with van der Waals surface area (Å²) in [6, 6.07) is 0. The van der Waals surface area contributed by atoms with Gasteiger partial charge in [0.2, 0.25) is 0 Å². The standard InChI is InChI=1S/C12H28Si2.2C6H14Ge/c1-9(2)13(10(3)4)14(11(5)6)12(7)8;2*1-5(2)7-6(3)4/h9-12H,1-8H3;2*5-6H,1-4H3. The molecule has 0 saturated heterocycles. The monoisotopic (exact) mass is 548 g/mol. The molecule has 0 aliphatic carbocycles. The maximum absolute atomic E-state index is 2.45. The van der Waals surface area contributed by atoms with Crippen molar-refractivity contribution in [1.82, 2.24) is 0 Å². The summed E-state index contributed by atoms with van der Waals surface area (Å²) in [4.78, 5) is 0. The van der Waals surface area contributed by atoms with E-state index >= 15 is 0 Å². The van der Waals surface area contributed by atoms with Gasteiger partial charge in [-0.2, -0.15) is 0 Å². The molecule has 0 saturated carbocycles. The predicted octanol–water partition coefficient (Wildman–Crippen LogP) is 9.39. The van der Waals surface area contributed by atoms with Crippen molar-refractivity contribution in [3.8, 4) is 0 Å². The maximum atomic E-state index is 2.45. The molecule has 0 aromatic rings. The first-order chi connectivity index (χ1) is 12.5. The Morgan fingerprint density at radius 1 is 0.321 bits per heavy atom. The Labute approximate surface area is 198 Å². The van der Waals surface area contributed by atoms with Crippen LogP contribution in [0, 0.1) is 0 Å². The van der Waals surface area contributed by atoms with Gasteiger partial charge in [-0.1, -0.05) is 77.6 Å². The van der Waals surface area contributed by atoms with E-state index in [2.05, 4.69) is 111 Å². The van der Waals surface area contributed by atoms with Gasteiger partial charge < -0.3 is 0 Å². The van der Waals surface area contributed by atoms with Crippen molar-refractivity contribution in [2.24, 2.45) is 0 Å². The Kier molecular flexibility index (Phi) is 23.4. The molecular weight excluding hydrogens is 490 g/mol. The summed E-state index contributed by atoms with van der Waals surface area (Å²) in [5.74, 6) is 0. The van der Waals surface area contributed by atoms with Crippen molar-refractivity contribution in [2.45, 2.75) is 152 Å². The van der Waals surface area contributed by atoms with Crippen molar-refractivity contribution < 1.29 is 0 Å². The van der Waals surface area contributed by atoms with Crippen molar-refractivity contribution in [3.05, 3.63) is 0 Å². The zero-order valence-corrected chi connectivity index (χ0v) is 28.8. The third-order valence-electron chi connectivity index (χ3n) is 4.15. The zero-order chi connectivity index (χ0) is 23.2. The molecule has 0 aromatic carbocycles. The molecule has 28 heavy (non-hydrogen) atoms. The molecule has 0 amide bonds. The molecule has 0 aromatic heterocycles. The first-order valence-electron chi connectivity index (χ1n) is 11.8. The molecular formula is C24H56Ge2Si2. The summed E-state index contributed by atoms with van der Waals surface area (Å²) in [6.45, 7) is 38.1. The number of rotatable bonds is 9. The van der Waals surface area contributed by atoms with Gasteiger partial charge in [-0.3, -0.25) is 0 Å². The summed E-state index contributed by atoms with van der Waals surface area (Å²) in [5.41, 5.74) is 3.83. The Hall–Kier alpha value is 1.52. The van der Waals surface area contributed by atoms with Crippen LogP contribution in [0.3, 0.4) is 0 Å². The number of hydrogen-bond acceptors (Lipinski definition) is 0. The second-order valence-electron chi connectivity index (χ2n) is 10.5. The van der Waals surface area contributed by atoms with Crippen molar-refractivity contribution in [2.75, 3.05) is 0 Å². The topological polar surface area (TPSA) is 0 Å². The van der Waals surface area contributed by atoms with E-state index in [0.29, 0.717) is 30.9 Å². The molecule has 4 heteroatoms. The molecule has 0 spiro atoms. The fraction of sp³-hybridized carbons (Fsp3) is 1.00. The molecule has 168 valence electrons. The van der Waals surface area contributed by atoms with Crippen molar-refractivity contribution in [1.29, 1.82) is 0 Å². The van der Waals surface area contributed by atoms with Gasteiger partial charge in [-0.15, -0.1) is 0 Å². The predicted molar refractivity (Wildman–Crippen MR) is 144 cm³/mol. The fourth-order valence-corrected chi connectivity index (χ4v) is 22.9. The second-order valence-corrected chi connectivity index (χ2v) is 31.5. The Morgan fingerprint density at radius 3 is 0.500 bits per heavy atom. The van der Waals surface area contributed by atoms with Gasteiger partial charge in [0.05, 0.1) is 0 Å². The molecule has 0 fully saturated rings. The van der Waals surface area contributed by atoms with Gasteiger partial charge in [0.25, 0.3) is 0 Å². The van der Waals surface area contributed by atoms with E-state index in [0.717, 1.165) is 41.2 Å². The van der Waals surface area contributed by atoms with Crippen LogP contribution in [-0.2, 0) is 0 Å². The summed E-state index contributed by atoms with van der Waals surface area (Å²) in [5, 5.41) is 0. The second kappa shape index (κ2) is 19.2. The first kappa shape index (κ1) is 34.1. The van der Waals surface area contributed by atoms with Crippen LogP contribution in [0.1, 0.15) is 111 Å². The molecule has 0 atom stereocenters.